The van der Waals surface area contributed by atoms with Gasteiger partial charge in [-0.3, -0.25) is 4.79 Å². The molecule has 0 radical (unpaired) electrons. The number of rotatable bonds is 2. The number of nitrogens with zero attached hydrogens (tertiary/aromatic N) is 1. The number of anilines is 2. The lowest BCUT2D eigenvalue weighted by molar-refractivity contribution is -0.119. The molecule has 0 saturated carbocycles. The van der Waals surface area contributed by atoms with E-state index in [0.717, 1.165) is 12.5 Å². The van der Waals surface area contributed by atoms with Crippen LogP contribution in [-0.4, -0.2) is 25.0 Å². The minimum Gasteiger partial charge on any atom is -0.395 e. The summed E-state index contributed by atoms with van der Waals surface area (Å²) in [6, 6.07) is 1.97. The monoisotopic (exact) mass is 255 g/mol. The maximum absolute atomic E-state index is 13.3. The second-order valence-electron chi connectivity index (χ2n) is 4.45. The number of carbonyl (C=O) groups excluding carboxylic acids is 1. The molecule has 2 rings (SSSR count). The third kappa shape index (κ3) is 2.52. The first-order chi connectivity index (χ1) is 8.47. The highest BCUT2D eigenvalue weighted by Gasteiger charge is 2.25. The van der Waals surface area contributed by atoms with E-state index < -0.39 is 11.6 Å². The molecule has 1 amide bonds. The highest BCUT2D eigenvalue weighted by Crippen LogP contribution is 2.29. The van der Waals surface area contributed by atoms with Crippen molar-refractivity contribution < 1.29 is 13.6 Å². The molecule has 4 nitrogen and oxygen atoms in total. The van der Waals surface area contributed by atoms with Crippen molar-refractivity contribution in [3.05, 3.63) is 23.8 Å². The molecule has 1 aromatic rings. The SMILES string of the molecule is CC(=O)NC1CCN(c2cc(F)cc(F)c2N)C1. The lowest BCUT2D eigenvalue weighted by Gasteiger charge is -2.21. The quantitative estimate of drug-likeness (QED) is 0.782. The Morgan fingerprint density at radius 3 is 2.89 bits per heavy atom. The summed E-state index contributed by atoms with van der Waals surface area (Å²) < 4.78 is 26.5. The zero-order valence-corrected chi connectivity index (χ0v) is 10.0. The van der Waals surface area contributed by atoms with E-state index in [1.807, 2.05) is 0 Å². The van der Waals surface area contributed by atoms with Crippen molar-refractivity contribution in [3.8, 4) is 0 Å². The minimum absolute atomic E-state index is 0.00627. The Labute approximate surface area is 104 Å². The zero-order chi connectivity index (χ0) is 13.3. The number of hydrogen-bond donors (Lipinski definition) is 2. The fraction of sp³-hybridized carbons (Fsp3) is 0.417. The molecule has 98 valence electrons. The Morgan fingerprint density at radius 1 is 1.50 bits per heavy atom. The molecule has 3 N–H and O–H groups in total. The molecule has 1 unspecified atom stereocenters. The van der Waals surface area contributed by atoms with Gasteiger partial charge in [0.2, 0.25) is 5.91 Å². The first kappa shape index (κ1) is 12.6. The third-order valence-corrected chi connectivity index (χ3v) is 3.01. The van der Waals surface area contributed by atoms with Gasteiger partial charge in [-0.1, -0.05) is 0 Å². The van der Waals surface area contributed by atoms with Crippen LogP contribution in [0.3, 0.4) is 0 Å². The van der Waals surface area contributed by atoms with Gasteiger partial charge < -0.3 is 16.0 Å². The zero-order valence-electron chi connectivity index (χ0n) is 10.0. The van der Waals surface area contributed by atoms with Crippen LogP contribution in [0.15, 0.2) is 12.1 Å². The lowest BCUT2D eigenvalue weighted by atomic mass is 10.2. The summed E-state index contributed by atoms with van der Waals surface area (Å²) in [5.41, 5.74) is 5.90. The molecule has 0 bridgehead atoms. The number of halogens is 2. The fourth-order valence-electron chi connectivity index (χ4n) is 2.22. The summed E-state index contributed by atoms with van der Waals surface area (Å²) in [5.74, 6) is -1.52. The van der Waals surface area contributed by atoms with E-state index in [4.69, 9.17) is 5.73 Å². The molecule has 0 aromatic heterocycles. The smallest absolute Gasteiger partial charge is 0.217 e. The minimum atomic E-state index is -0.757. The van der Waals surface area contributed by atoms with Gasteiger partial charge in [0.15, 0.2) is 5.82 Å². The van der Waals surface area contributed by atoms with Gasteiger partial charge in [-0.2, -0.15) is 0 Å². The van der Waals surface area contributed by atoms with Crippen molar-refractivity contribution in [1.82, 2.24) is 5.32 Å². The van der Waals surface area contributed by atoms with Gasteiger partial charge in [-0.15, -0.1) is 0 Å². The first-order valence-electron chi connectivity index (χ1n) is 5.74. The van der Waals surface area contributed by atoms with Crippen LogP contribution in [0.1, 0.15) is 13.3 Å². The van der Waals surface area contributed by atoms with Crippen LogP contribution in [0.2, 0.25) is 0 Å². The van der Waals surface area contributed by atoms with E-state index in [-0.39, 0.29) is 17.6 Å². The summed E-state index contributed by atoms with van der Waals surface area (Å²) in [7, 11) is 0. The Bertz CT molecular complexity index is 479. The molecular formula is C12H15F2N3O. The van der Waals surface area contributed by atoms with Crippen molar-refractivity contribution in [1.29, 1.82) is 0 Å². The van der Waals surface area contributed by atoms with E-state index in [1.54, 1.807) is 4.90 Å². The van der Waals surface area contributed by atoms with Crippen molar-refractivity contribution >= 4 is 17.3 Å². The van der Waals surface area contributed by atoms with Gasteiger partial charge in [0.25, 0.3) is 0 Å². The second kappa shape index (κ2) is 4.80. The number of amides is 1. The van der Waals surface area contributed by atoms with Crippen molar-refractivity contribution in [2.24, 2.45) is 0 Å². The first-order valence-corrected chi connectivity index (χ1v) is 5.74. The van der Waals surface area contributed by atoms with Gasteiger partial charge in [-0.25, -0.2) is 8.78 Å². The van der Waals surface area contributed by atoms with Crippen LogP contribution in [0.25, 0.3) is 0 Å². The number of nitrogen functional groups attached to an aromatic ring is 1. The molecule has 1 heterocycles. The maximum atomic E-state index is 13.3. The average molecular weight is 255 g/mol. The van der Waals surface area contributed by atoms with Crippen LogP contribution in [0, 0.1) is 11.6 Å². The molecule has 1 saturated heterocycles. The Morgan fingerprint density at radius 2 is 2.22 bits per heavy atom. The average Bonchev–Trinajstić information content (AvgIpc) is 2.70. The predicted molar refractivity (Wildman–Crippen MR) is 65.2 cm³/mol. The van der Waals surface area contributed by atoms with Crippen LogP contribution in [-0.2, 0) is 4.79 Å². The van der Waals surface area contributed by atoms with E-state index in [1.165, 1.54) is 13.0 Å². The summed E-state index contributed by atoms with van der Waals surface area (Å²) in [6.45, 7) is 2.56. The largest absolute Gasteiger partial charge is 0.395 e. The van der Waals surface area contributed by atoms with Crippen molar-refractivity contribution in [2.45, 2.75) is 19.4 Å². The number of hydrogen-bond acceptors (Lipinski definition) is 3. The normalized spacial score (nSPS) is 19.1. The number of carbonyl (C=O) groups is 1. The van der Waals surface area contributed by atoms with Crippen molar-refractivity contribution in [3.63, 3.8) is 0 Å². The van der Waals surface area contributed by atoms with Gasteiger partial charge in [0.05, 0.1) is 11.4 Å². The highest BCUT2D eigenvalue weighted by atomic mass is 19.1. The molecule has 1 fully saturated rings. The second-order valence-corrected chi connectivity index (χ2v) is 4.45. The highest BCUT2D eigenvalue weighted by molar-refractivity contribution is 5.74. The molecular weight excluding hydrogens is 240 g/mol. The van der Waals surface area contributed by atoms with Crippen LogP contribution < -0.4 is 16.0 Å². The number of benzene rings is 1. The van der Waals surface area contributed by atoms with Gasteiger partial charge >= 0.3 is 0 Å². The Hall–Kier alpha value is -1.85. The lowest BCUT2D eigenvalue weighted by Crippen LogP contribution is -2.35. The molecule has 0 spiro atoms. The predicted octanol–water partition coefficient (Wildman–Crippen LogP) is 1.26. The van der Waals surface area contributed by atoms with Gasteiger partial charge in [0, 0.05) is 32.1 Å². The Kier molecular flexibility index (Phi) is 3.36. The molecule has 1 aliphatic heterocycles. The van der Waals surface area contributed by atoms with Gasteiger partial charge in [0.1, 0.15) is 5.82 Å². The molecule has 1 atom stereocenters. The fourth-order valence-corrected chi connectivity index (χ4v) is 2.22. The summed E-state index contributed by atoms with van der Waals surface area (Å²) in [4.78, 5) is 12.7. The Balaban J connectivity index is 2.16. The summed E-state index contributed by atoms with van der Waals surface area (Å²) in [5, 5.41) is 2.78. The molecule has 1 aromatic carbocycles. The summed E-state index contributed by atoms with van der Waals surface area (Å²) in [6.07, 6.45) is 0.733. The molecule has 6 heteroatoms. The van der Waals surface area contributed by atoms with Crippen LogP contribution in [0.4, 0.5) is 20.2 Å². The summed E-state index contributed by atoms with van der Waals surface area (Å²) >= 11 is 0. The number of nitrogens with two attached hydrogens (primary N) is 1. The van der Waals surface area contributed by atoms with Crippen LogP contribution in [0.5, 0.6) is 0 Å². The number of nitrogens with one attached hydrogen (secondary N) is 1. The topological polar surface area (TPSA) is 58.4 Å². The van der Waals surface area contributed by atoms with E-state index >= 15 is 0 Å². The molecule has 1 aliphatic rings. The van der Waals surface area contributed by atoms with E-state index in [9.17, 15) is 13.6 Å². The van der Waals surface area contributed by atoms with Crippen LogP contribution >= 0.6 is 0 Å². The maximum Gasteiger partial charge on any atom is 0.217 e. The van der Waals surface area contributed by atoms with E-state index in [2.05, 4.69) is 5.32 Å². The van der Waals surface area contributed by atoms with E-state index in [0.29, 0.717) is 18.8 Å². The van der Waals surface area contributed by atoms with Gasteiger partial charge in [-0.05, 0) is 12.5 Å². The molecule has 18 heavy (non-hydrogen) atoms. The molecule has 0 aliphatic carbocycles. The standard InChI is InChI=1S/C12H15F2N3O/c1-7(18)16-9-2-3-17(6-9)11-5-8(13)4-10(14)12(11)15/h4-5,9H,2-3,6,15H2,1H3,(H,16,18). The third-order valence-electron chi connectivity index (χ3n) is 3.01. The van der Waals surface area contributed by atoms with Crippen molar-refractivity contribution in [2.75, 3.05) is 23.7 Å².